The van der Waals surface area contributed by atoms with Gasteiger partial charge in [-0.15, -0.1) is 0 Å². The Bertz CT molecular complexity index is 1690. The highest BCUT2D eigenvalue weighted by molar-refractivity contribution is 5.97. The lowest BCUT2D eigenvalue weighted by Gasteiger charge is -2.32. The second-order valence-corrected chi connectivity index (χ2v) is 10.7. The number of methoxy groups -OCH3 is 1. The number of benzene rings is 4. The zero-order chi connectivity index (χ0) is 29.2. The van der Waals surface area contributed by atoms with E-state index in [1.807, 2.05) is 48.5 Å². The number of nitrogens with two attached hydrogens (primary N) is 1. The minimum atomic E-state index is -0.841. The molecule has 1 fully saturated rings. The summed E-state index contributed by atoms with van der Waals surface area (Å²) in [6.45, 7) is 1.87. The Balaban J connectivity index is 1.32. The number of rotatable bonds is 7. The van der Waals surface area contributed by atoms with E-state index < -0.39 is 17.8 Å². The molecule has 1 atom stereocenters. The molecule has 1 saturated heterocycles. The van der Waals surface area contributed by atoms with E-state index in [1.165, 1.54) is 18.2 Å². The Labute approximate surface area is 243 Å². The van der Waals surface area contributed by atoms with Crippen LogP contribution in [-0.2, 0) is 0 Å². The average Bonchev–Trinajstić information content (AvgIpc) is 3.45. The van der Waals surface area contributed by atoms with Crippen LogP contribution in [0.25, 0.3) is 22.0 Å². The van der Waals surface area contributed by atoms with Crippen molar-refractivity contribution in [2.45, 2.75) is 24.9 Å². The number of nitrogens with zero attached hydrogens (tertiary/aromatic N) is 1. The van der Waals surface area contributed by atoms with Gasteiger partial charge < -0.3 is 30.8 Å². The van der Waals surface area contributed by atoms with Crippen molar-refractivity contribution in [2.24, 2.45) is 5.73 Å². The van der Waals surface area contributed by atoms with Crippen LogP contribution in [0.3, 0.4) is 0 Å². The molecule has 1 aromatic heterocycles. The molecule has 214 valence electrons. The number of aromatic amines is 1. The summed E-state index contributed by atoms with van der Waals surface area (Å²) in [7, 11) is 1.56. The number of hydrogen-bond acceptors (Lipinski definition) is 5. The van der Waals surface area contributed by atoms with E-state index in [0.717, 1.165) is 53.6 Å². The smallest absolute Gasteiger partial charge is 0.252 e. The Kier molecular flexibility index (Phi) is 7.54. The number of halogens is 1. The van der Waals surface area contributed by atoms with Gasteiger partial charge in [0, 0.05) is 47.2 Å². The molecule has 4 aromatic carbocycles. The maximum Gasteiger partial charge on any atom is 0.252 e. The topological polar surface area (TPSA) is 104 Å². The number of amides is 1. The Morgan fingerprint density at radius 3 is 2.50 bits per heavy atom. The van der Waals surface area contributed by atoms with Crippen LogP contribution in [0.1, 0.15) is 40.5 Å². The number of phenolic OH excluding ortho intramolecular Hbond substituents is 1. The summed E-state index contributed by atoms with van der Waals surface area (Å²) in [5.74, 6) is -0.508. The maximum absolute atomic E-state index is 14.3. The summed E-state index contributed by atoms with van der Waals surface area (Å²) < 4.78 is 19.9. The number of para-hydroxylation sites is 1. The molecular weight excluding hydrogens is 531 g/mol. The summed E-state index contributed by atoms with van der Waals surface area (Å²) in [4.78, 5) is 19.4. The third kappa shape index (κ3) is 5.66. The van der Waals surface area contributed by atoms with Gasteiger partial charge >= 0.3 is 0 Å². The van der Waals surface area contributed by atoms with Gasteiger partial charge in [-0.2, -0.15) is 0 Å². The van der Waals surface area contributed by atoms with Gasteiger partial charge in [0.2, 0.25) is 0 Å². The van der Waals surface area contributed by atoms with Crippen molar-refractivity contribution < 1.29 is 19.0 Å². The molecule has 0 spiro atoms. The lowest BCUT2D eigenvalue weighted by Crippen LogP contribution is -2.39. The number of aromatic hydroxyl groups is 1. The number of fused-ring (bicyclic) bond motifs is 1. The molecule has 0 saturated carbocycles. The van der Waals surface area contributed by atoms with Gasteiger partial charge in [0.15, 0.2) is 0 Å². The average molecular weight is 565 g/mol. The van der Waals surface area contributed by atoms with Crippen molar-refractivity contribution in [2.75, 3.05) is 25.1 Å². The van der Waals surface area contributed by atoms with Gasteiger partial charge in [-0.25, -0.2) is 4.39 Å². The van der Waals surface area contributed by atoms with E-state index in [9.17, 15) is 14.3 Å². The molecule has 7 nitrogen and oxygen atoms in total. The molecule has 1 aliphatic heterocycles. The van der Waals surface area contributed by atoms with E-state index >= 15 is 0 Å². The predicted molar refractivity (Wildman–Crippen MR) is 164 cm³/mol. The SMILES string of the molecule is COc1cc(C(=O)N[C@@H](c2cc3ccccc3[nH]2)c2cc(F)ccc2O)cc(-c2ccc(N3CCC(N)CC3)cc2)c1. The fourth-order valence-corrected chi connectivity index (χ4v) is 5.58. The minimum Gasteiger partial charge on any atom is -0.508 e. The van der Waals surface area contributed by atoms with Crippen molar-refractivity contribution in [1.29, 1.82) is 0 Å². The molecule has 8 heteroatoms. The van der Waals surface area contributed by atoms with Crippen LogP contribution in [0.4, 0.5) is 10.1 Å². The first-order valence-corrected chi connectivity index (χ1v) is 14.0. The number of piperidine rings is 1. The van der Waals surface area contributed by atoms with Crippen molar-refractivity contribution >= 4 is 22.5 Å². The summed E-state index contributed by atoms with van der Waals surface area (Å²) in [6.07, 6.45) is 1.95. The molecule has 1 aliphatic rings. The van der Waals surface area contributed by atoms with Crippen molar-refractivity contribution in [3.63, 3.8) is 0 Å². The van der Waals surface area contributed by atoms with Crippen LogP contribution in [0.5, 0.6) is 11.5 Å². The van der Waals surface area contributed by atoms with Crippen molar-refractivity contribution in [3.05, 3.63) is 114 Å². The van der Waals surface area contributed by atoms with E-state index in [4.69, 9.17) is 10.5 Å². The highest BCUT2D eigenvalue weighted by Gasteiger charge is 2.24. The molecule has 0 bridgehead atoms. The van der Waals surface area contributed by atoms with Gasteiger partial charge in [0.05, 0.1) is 13.2 Å². The largest absolute Gasteiger partial charge is 0.508 e. The van der Waals surface area contributed by atoms with Crippen LogP contribution in [0.15, 0.2) is 91.0 Å². The zero-order valence-corrected chi connectivity index (χ0v) is 23.3. The number of hydrogen-bond donors (Lipinski definition) is 4. The fraction of sp³-hybridized carbons (Fsp3) is 0.206. The highest BCUT2D eigenvalue weighted by atomic mass is 19.1. The van der Waals surface area contributed by atoms with Crippen LogP contribution in [0, 0.1) is 5.82 Å². The van der Waals surface area contributed by atoms with Gasteiger partial charge in [-0.05, 0) is 90.0 Å². The molecule has 0 radical (unpaired) electrons. The summed E-state index contributed by atoms with van der Waals surface area (Å²) in [6, 6.07) is 26.3. The molecule has 5 N–H and O–H groups in total. The molecular formula is C34H33FN4O3. The van der Waals surface area contributed by atoms with E-state index in [0.29, 0.717) is 17.0 Å². The highest BCUT2D eigenvalue weighted by Crippen LogP contribution is 2.33. The molecule has 0 aliphatic carbocycles. The number of H-pyrrole nitrogens is 1. The number of phenols is 1. The molecule has 0 unspecified atom stereocenters. The first kappa shape index (κ1) is 27.4. The first-order chi connectivity index (χ1) is 20.4. The van der Waals surface area contributed by atoms with Crippen LogP contribution in [-0.4, -0.2) is 42.2 Å². The number of aromatic nitrogens is 1. The van der Waals surface area contributed by atoms with Crippen LogP contribution in [0.2, 0.25) is 0 Å². The van der Waals surface area contributed by atoms with E-state index in [2.05, 4.69) is 27.3 Å². The van der Waals surface area contributed by atoms with Gasteiger partial charge in [0.25, 0.3) is 5.91 Å². The van der Waals surface area contributed by atoms with Gasteiger partial charge in [-0.1, -0.05) is 30.3 Å². The molecule has 1 amide bonds. The first-order valence-electron chi connectivity index (χ1n) is 14.0. The van der Waals surface area contributed by atoms with E-state index in [-0.39, 0.29) is 17.4 Å². The lowest BCUT2D eigenvalue weighted by molar-refractivity contribution is 0.0941. The van der Waals surface area contributed by atoms with Crippen LogP contribution < -0.4 is 20.7 Å². The van der Waals surface area contributed by atoms with Crippen molar-refractivity contribution in [1.82, 2.24) is 10.3 Å². The summed E-state index contributed by atoms with van der Waals surface area (Å²) in [5, 5.41) is 14.6. The second kappa shape index (κ2) is 11.6. The summed E-state index contributed by atoms with van der Waals surface area (Å²) >= 11 is 0. The Hall–Kier alpha value is -4.82. The number of nitrogens with one attached hydrogen (secondary N) is 2. The maximum atomic E-state index is 14.3. The molecule has 42 heavy (non-hydrogen) atoms. The Morgan fingerprint density at radius 2 is 1.76 bits per heavy atom. The number of carbonyl (C=O) groups is 1. The number of carbonyl (C=O) groups excluding carboxylic acids is 1. The van der Waals surface area contributed by atoms with Gasteiger partial charge in [-0.3, -0.25) is 4.79 Å². The third-order valence-electron chi connectivity index (χ3n) is 7.95. The Morgan fingerprint density at radius 1 is 1.00 bits per heavy atom. The van der Waals surface area contributed by atoms with Crippen molar-refractivity contribution in [3.8, 4) is 22.6 Å². The predicted octanol–water partition coefficient (Wildman–Crippen LogP) is 6.14. The number of ether oxygens (including phenoxy) is 1. The lowest BCUT2D eigenvalue weighted by atomic mass is 9.99. The normalized spacial score (nSPS) is 14.6. The summed E-state index contributed by atoms with van der Waals surface area (Å²) in [5.41, 5.74) is 11.1. The number of anilines is 1. The quantitative estimate of drug-likeness (QED) is 0.190. The second-order valence-electron chi connectivity index (χ2n) is 10.7. The molecule has 5 aromatic rings. The fourth-order valence-electron chi connectivity index (χ4n) is 5.58. The minimum absolute atomic E-state index is 0.123. The molecule has 2 heterocycles. The zero-order valence-electron chi connectivity index (χ0n) is 23.3. The monoisotopic (exact) mass is 564 g/mol. The third-order valence-corrected chi connectivity index (χ3v) is 7.95. The van der Waals surface area contributed by atoms with Gasteiger partial charge in [0.1, 0.15) is 17.3 Å². The molecule has 6 rings (SSSR count). The van der Waals surface area contributed by atoms with Crippen LogP contribution >= 0.6 is 0 Å². The van der Waals surface area contributed by atoms with E-state index in [1.54, 1.807) is 19.2 Å². The standard InChI is InChI=1S/C34H33FN4O3/c1-42-28-17-23(21-6-9-27(10-7-21)39-14-12-26(36)13-15-39)16-24(18-28)34(41)38-33(29-20-25(35)8-11-32(29)40)31-19-22-4-2-3-5-30(22)37-31/h2-11,16-20,26,33,37,40H,12-15,36H2,1H3,(H,38,41)/t33-/m1/s1.